The molecule has 11 aromatic carbocycles. The van der Waals surface area contributed by atoms with Crippen LogP contribution in [0, 0.1) is 0 Å². The van der Waals surface area contributed by atoms with Crippen LogP contribution in [0.3, 0.4) is 0 Å². The van der Waals surface area contributed by atoms with Gasteiger partial charge in [0.2, 0.25) is 0 Å². The van der Waals surface area contributed by atoms with E-state index >= 15 is 0 Å². The van der Waals surface area contributed by atoms with Crippen LogP contribution in [0.1, 0.15) is 0 Å². The minimum Gasteiger partial charge on any atom is -0.309 e. The summed E-state index contributed by atoms with van der Waals surface area (Å²) in [7, 11) is 0. The number of aromatic nitrogens is 5. The minimum absolute atomic E-state index is 0.627. The Bertz CT molecular complexity index is 4310. The Labute approximate surface area is 416 Å². The zero-order valence-corrected chi connectivity index (χ0v) is 39.1. The lowest BCUT2D eigenvalue weighted by molar-refractivity contribution is 1.07. The standard InChI is InChI=1S/C67H43N5/c1-5-17-44(18-6-1)50-32-35-60-57(41-50)58-42-51(52-34-37-62-59(43-52)64-56-30-14-13-19-45(56)31-38-63(64)71(62)54-27-11-4-12-28-54)33-36-61(58)72(60)55-29-16-25-49(40-55)48-24-15-26-53(39-48)67-69-65(46-20-7-2-8-21-46)68-66(70-67)47-22-9-3-10-23-47/h1-43H. The zero-order valence-electron chi connectivity index (χ0n) is 39.1. The number of benzene rings is 11. The molecule has 14 aromatic rings. The highest BCUT2D eigenvalue weighted by Gasteiger charge is 2.19. The van der Waals surface area contributed by atoms with Crippen molar-refractivity contribution in [2.45, 2.75) is 0 Å². The van der Waals surface area contributed by atoms with Gasteiger partial charge in [-0.1, -0.05) is 188 Å². The molecule has 0 bridgehead atoms. The van der Waals surface area contributed by atoms with E-state index < -0.39 is 0 Å². The van der Waals surface area contributed by atoms with Gasteiger partial charge in [-0.25, -0.2) is 15.0 Å². The third-order valence-corrected chi connectivity index (χ3v) is 14.1. The fraction of sp³-hybridized carbons (Fsp3) is 0. The van der Waals surface area contributed by atoms with Gasteiger partial charge >= 0.3 is 0 Å². The summed E-state index contributed by atoms with van der Waals surface area (Å²) in [6.07, 6.45) is 0. The summed E-state index contributed by atoms with van der Waals surface area (Å²) in [5, 5.41) is 7.40. The molecule has 0 aliphatic rings. The molecule has 0 unspecified atom stereocenters. The number of hydrogen-bond donors (Lipinski definition) is 0. The number of fused-ring (bicyclic) bond motifs is 8. The molecule has 3 aromatic heterocycles. The number of rotatable bonds is 8. The summed E-state index contributed by atoms with van der Waals surface area (Å²) >= 11 is 0. The topological polar surface area (TPSA) is 48.5 Å². The summed E-state index contributed by atoms with van der Waals surface area (Å²) < 4.78 is 4.83. The number of nitrogens with zero attached hydrogens (tertiary/aromatic N) is 5. The fourth-order valence-corrected chi connectivity index (χ4v) is 10.7. The minimum atomic E-state index is 0.627. The Kier molecular flexibility index (Phi) is 9.78. The summed E-state index contributed by atoms with van der Waals surface area (Å²) in [5.41, 5.74) is 16.6. The Hall–Kier alpha value is -9.71. The van der Waals surface area contributed by atoms with Crippen molar-refractivity contribution in [1.82, 2.24) is 24.1 Å². The van der Waals surface area contributed by atoms with Crippen LogP contribution in [-0.2, 0) is 0 Å². The number of hydrogen-bond acceptors (Lipinski definition) is 3. The smallest absolute Gasteiger partial charge is 0.164 e. The predicted octanol–water partition coefficient (Wildman–Crippen LogP) is 17.2. The van der Waals surface area contributed by atoms with Gasteiger partial charge in [0, 0.05) is 49.6 Å². The predicted molar refractivity (Wildman–Crippen MR) is 299 cm³/mol. The molecular formula is C67H43N5. The van der Waals surface area contributed by atoms with Gasteiger partial charge < -0.3 is 9.13 Å². The second kappa shape index (κ2) is 17.1. The van der Waals surface area contributed by atoms with Crippen molar-refractivity contribution in [3.8, 4) is 78.9 Å². The molecule has 0 radical (unpaired) electrons. The third-order valence-electron chi connectivity index (χ3n) is 14.1. The molecule has 0 fully saturated rings. The maximum Gasteiger partial charge on any atom is 0.164 e. The van der Waals surface area contributed by atoms with Crippen LogP contribution in [0.5, 0.6) is 0 Å². The van der Waals surface area contributed by atoms with Crippen molar-refractivity contribution in [2.75, 3.05) is 0 Å². The lowest BCUT2D eigenvalue weighted by Crippen LogP contribution is -2.00. The first-order chi connectivity index (χ1) is 35.7. The van der Waals surface area contributed by atoms with Crippen molar-refractivity contribution in [3.05, 3.63) is 261 Å². The highest BCUT2D eigenvalue weighted by atomic mass is 15.0. The second-order valence-electron chi connectivity index (χ2n) is 18.4. The van der Waals surface area contributed by atoms with E-state index in [0.29, 0.717) is 17.5 Å². The maximum absolute atomic E-state index is 5.04. The Morgan fingerprint density at radius 1 is 0.222 bits per heavy atom. The first-order valence-corrected chi connectivity index (χ1v) is 24.4. The second-order valence-corrected chi connectivity index (χ2v) is 18.4. The molecule has 14 rings (SSSR count). The molecule has 3 heterocycles. The summed E-state index contributed by atoms with van der Waals surface area (Å²) in [4.78, 5) is 15.0. The molecule has 0 N–H and O–H groups in total. The zero-order chi connectivity index (χ0) is 47.5. The van der Waals surface area contributed by atoms with E-state index in [4.69, 9.17) is 15.0 Å². The van der Waals surface area contributed by atoms with Gasteiger partial charge in [-0.05, 0) is 117 Å². The monoisotopic (exact) mass is 917 g/mol. The lowest BCUT2D eigenvalue weighted by atomic mass is 9.98. The molecule has 0 aliphatic heterocycles. The first kappa shape index (κ1) is 41.3. The Morgan fingerprint density at radius 2 is 0.625 bits per heavy atom. The van der Waals surface area contributed by atoms with Gasteiger partial charge in [0.25, 0.3) is 0 Å². The van der Waals surface area contributed by atoms with Crippen LogP contribution in [0.15, 0.2) is 261 Å². The summed E-state index contributed by atoms with van der Waals surface area (Å²) in [6, 6.07) is 93.2. The molecule has 5 heteroatoms. The molecule has 336 valence electrons. The van der Waals surface area contributed by atoms with E-state index in [1.807, 2.05) is 60.7 Å². The van der Waals surface area contributed by atoms with E-state index in [-0.39, 0.29) is 0 Å². The van der Waals surface area contributed by atoms with Crippen LogP contribution >= 0.6 is 0 Å². The van der Waals surface area contributed by atoms with Crippen LogP contribution in [0.25, 0.3) is 133 Å². The largest absolute Gasteiger partial charge is 0.309 e. The highest BCUT2D eigenvalue weighted by Crippen LogP contribution is 2.42. The van der Waals surface area contributed by atoms with E-state index in [1.54, 1.807) is 0 Å². The fourth-order valence-electron chi connectivity index (χ4n) is 10.7. The maximum atomic E-state index is 5.04. The molecule has 0 amide bonds. The third kappa shape index (κ3) is 7.06. The van der Waals surface area contributed by atoms with Crippen molar-refractivity contribution in [1.29, 1.82) is 0 Å². The highest BCUT2D eigenvalue weighted by molar-refractivity contribution is 6.22. The molecule has 72 heavy (non-hydrogen) atoms. The lowest BCUT2D eigenvalue weighted by Gasteiger charge is -2.12. The molecule has 0 aliphatic carbocycles. The molecule has 0 spiro atoms. The summed E-state index contributed by atoms with van der Waals surface area (Å²) in [5.74, 6) is 1.91. The average Bonchev–Trinajstić information content (AvgIpc) is 3.98. The van der Waals surface area contributed by atoms with Crippen LogP contribution in [0.4, 0.5) is 0 Å². The van der Waals surface area contributed by atoms with Gasteiger partial charge in [0.1, 0.15) is 0 Å². The average molecular weight is 918 g/mol. The van der Waals surface area contributed by atoms with E-state index in [1.165, 1.54) is 65.6 Å². The van der Waals surface area contributed by atoms with Crippen molar-refractivity contribution >= 4 is 54.4 Å². The molecule has 0 saturated heterocycles. The quantitative estimate of drug-likeness (QED) is 0.153. The summed E-state index contributed by atoms with van der Waals surface area (Å²) in [6.45, 7) is 0. The number of para-hydroxylation sites is 1. The van der Waals surface area contributed by atoms with E-state index in [9.17, 15) is 0 Å². The van der Waals surface area contributed by atoms with E-state index in [2.05, 4.69) is 209 Å². The SMILES string of the molecule is c1ccc(-c2ccc3c(c2)c2cc(-c4ccc5c(c4)c4c6ccccc6ccc4n5-c4ccccc4)ccc2n3-c2cccc(-c3cccc(-c4nc(-c5ccccc5)nc(-c5ccccc5)n4)c3)c2)cc1. The normalized spacial score (nSPS) is 11.6. The van der Waals surface area contributed by atoms with Gasteiger partial charge in [-0.2, -0.15) is 0 Å². The van der Waals surface area contributed by atoms with Gasteiger partial charge in [0.05, 0.1) is 22.1 Å². The van der Waals surface area contributed by atoms with Gasteiger partial charge in [0.15, 0.2) is 17.5 Å². The van der Waals surface area contributed by atoms with Gasteiger partial charge in [-0.3, -0.25) is 0 Å². The van der Waals surface area contributed by atoms with Crippen LogP contribution in [-0.4, -0.2) is 24.1 Å². The van der Waals surface area contributed by atoms with Crippen LogP contribution in [0.2, 0.25) is 0 Å². The Morgan fingerprint density at radius 3 is 1.25 bits per heavy atom. The molecule has 0 atom stereocenters. The first-order valence-electron chi connectivity index (χ1n) is 24.4. The van der Waals surface area contributed by atoms with Crippen molar-refractivity contribution in [3.63, 3.8) is 0 Å². The molecular weight excluding hydrogens is 875 g/mol. The molecule has 0 saturated carbocycles. The van der Waals surface area contributed by atoms with E-state index in [0.717, 1.165) is 50.2 Å². The van der Waals surface area contributed by atoms with Gasteiger partial charge in [-0.15, -0.1) is 0 Å². The molecule has 5 nitrogen and oxygen atoms in total. The van der Waals surface area contributed by atoms with Crippen LogP contribution < -0.4 is 0 Å². The van der Waals surface area contributed by atoms with Crippen molar-refractivity contribution in [2.24, 2.45) is 0 Å². The van der Waals surface area contributed by atoms with Crippen molar-refractivity contribution < 1.29 is 0 Å². The Balaban J connectivity index is 0.913.